The van der Waals surface area contributed by atoms with Gasteiger partial charge < -0.3 is 19.4 Å². The van der Waals surface area contributed by atoms with E-state index in [0.29, 0.717) is 25.0 Å². The molecule has 2 aliphatic heterocycles. The second-order valence-electron chi connectivity index (χ2n) is 8.78. The summed E-state index contributed by atoms with van der Waals surface area (Å²) in [6.07, 6.45) is 4.45. The first kappa shape index (κ1) is 16.3. The molecule has 138 valence electrons. The second kappa shape index (κ2) is 4.90. The van der Waals surface area contributed by atoms with Gasteiger partial charge in [-0.15, -0.1) is 6.58 Å². The third-order valence-corrected chi connectivity index (χ3v) is 7.75. The molecule has 1 saturated carbocycles. The van der Waals surface area contributed by atoms with Crippen molar-refractivity contribution in [2.75, 3.05) is 20.1 Å². The lowest BCUT2D eigenvalue weighted by Crippen LogP contribution is -2.80. The van der Waals surface area contributed by atoms with E-state index in [4.69, 9.17) is 4.74 Å². The minimum Gasteiger partial charge on any atom is -0.504 e. The molecule has 5 rings (SSSR count). The number of likely N-dealkylation sites (N-methyl/N-ethyl adjacent to an activating group) is 1. The summed E-state index contributed by atoms with van der Waals surface area (Å²) in [7, 11) is 2.23. The first-order valence-electron chi connectivity index (χ1n) is 9.59. The molecule has 5 atom stereocenters. The molecule has 2 bridgehead atoms. The number of likely N-dealkylation sites (tertiary alicyclic amines) is 1. The first-order chi connectivity index (χ1) is 12.4. The highest BCUT2D eigenvalue weighted by atomic mass is 16.5. The van der Waals surface area contributed by atoms with E-state index < -0.39 is 17.1 Å². The summed E-state index contributed by atoms with van der Waals surface area (Å²) in [5, 5.41) is 22.5. The minimum atomic E-state index is -0.980. The molecule has 2 fully saturated rings. The number of piperidine rings is 1. The SMILES string of the molecule is C=CCC[N@@+]1(C)CC[C@]23c4c5ccc(O)c4O[C@H]2C(=O)CC[C@@]3(O)[C@H]1C5. The second-order valence-corrected chi connectivity index (χ2v) is 8.78. The summed E-state index contributed by atoms with van der Waals surface area (Å²) >= 11 is 0. The Morgan fingerprint density at radius 3 is 3.00 bits per heavy atom. The third kappa shape index (κ3) is 1.62. The number of phenols is 1. The van der Waals surface area contributed by atoms with Crippen LogP contribution in [0.4, 0.5) is 0 Å². The molecule has 0 unspecified atom stereocenters. The Labute approximate surface area is 153 Å². The number of benzene rings is 1. The molecule has 0 aromatic heterocycles. The average Bonchev–Trinajstić information content (AvgIpc) is 2.98. The summed E-state index contributed by atoms with van der Waals surface area (Å²) in [6, 6.07) is 3.65. The Kier molecular flexibility index (Phi) is 3.08. The van der Waals surface area contributed by atoms with Crippen molar-refractivity contribution in [1.82, 2.24) is 0 Å². The van der Waals surface area contributed by atoms with Crippen molar-refractivity contribution in [1.29, 1.82) is 0 Å². The van der Waals surface area contributed by atoms with Crippen molar-refractivity contribution in [2.45, 2.75) is 55.3 Å². The highest BCUT2D eigenvalue weighted by Gasteiger charge is 2.76. The molecule has 2 heterocycles. The van der Waals surface area contributed by atoms with Crippen LogP contribution >= 0.6 is 0 Å². The number of hydrogen-bond acceptors (Lipinski definition) is 4. The summed E-state index contributed by atoms with van der Waals surface area (Å²) in [6.45, 7) is 5.69. The molecule has 4 aliphatic rings. The Hall–Kier alpha value is -1.85. The van der Waals surface area contributed by atoms with Gasteiger partial charge in [-0.1, -0.05) is 12.1 Å². The molecule has 0 amide bonds. The molecule has 5 nitrogen and oxygen atoms in total. The van der Waals surface area contributed by atoms with E-state index in [0.717, 1.165) is 41.5 Å². The topological polar surface area (TPSA) is 66.8 Å². The van der Waals surface area contributed by atoms with Crippen molar-refractivity contribution >= 4 is 5.78 Å². The molecular formula is C21H26NO4+. The fourth-order valence-electron chi connectivity index (χ4n) is 6.48. The fourth-order valence-corrected chi connectivity index (χ4v) is 6.48. The van der Waals surface area contributed by atoms with Crippen LogP contribution in [-0.2, 0) is 16.6 Å². The van der Waals surface area contributed by atoms with Gasteiger partial charge in [0.05, 0.1) is 25.6 Å². The molecule has 26 heavy (non-hydrogen) atoms. The number of quaternary nitrogens is 1. The number of ketones is 1. The Balaban J connectivity index is 1.76. The zero-order valence-corrected chi connectivity index (χ0v) is 15.2. The lowest BCUT2D eigenvalue weighted by atomic mass is 9.48. The quantitative estimate of drug-likeness (QED) is 0.641. The van der Waals surface area contributed by atoms with Crippen molar-refractivity contribution in [3.63, 3.8) is 0 Å². The average molecular weight is 356 g/mol. The number of Topliss-reactive ketones (excluding diaryl/α,β-unsaturated/α-hetero) is 1. The van der Waals surface area contributed by atoms with Crippen LogP contribution in [0.5, 0.6) is 11.5 Å². The van der Waals surface area contributed by atoms with Crippen molar-refractivity contribution < 1.29 is 24.2 Å². The van der Waals surface area contributed by atoms with Gasteiger partial charge >= 0.3 is 0 Å². The van der Waals surface area contributed by atoms with Gasteiger partial charge in [-0.25, -0.2) is 0 Å². The van der Waals surface area contributed by atoms with Gasteiger partial charge in [0.15, 0.2) is 23.4 Å². The predicted molar refractivity (Wildman–Crippen MR) is 96.2 cm³/mol. The van der Waals surface area contributed by atoms with Gasteiger partial charge in [-0.3, -0.25) is 4.79 Å². The van der Waals surface area contributed by atoms with Gasteiger partial charge in [0, 0.05) is 31.2 Å². The number of phenolic OH excluding ortho intramolecular Hbond substituents is 1. The zero-order chi connectivity index (χ0) is 18.3. The van der Waals surface area contributed by atoms with Crippen LogP contribution in [0, 0.1) is 0 Å². The van der Waals surface area contributed by atoms with Crippen LogP contribution in [0.3, 0.4) is 0 Å². The zero-order valence-electron chi connectivity index (χ0n) is 15.2. The predicted octanol–water partition coefficient (Wildman–Crippen LogP) is 1.84. The van der Waals surface area contributed by atoms with E-state index in [-0.39, 0.29) is 17.6 Å². The van der Waals surface area contributed by atoms with Crippen molar-refractivity contribution in [3.8, 4) is 11.5 Å². The number of aromatic hydroxyl groups is 1. The summed E-state index contributed by atoms with van der Waals surface area (Å²) in [5.74, 6) is 0.566. The standard InChI is InChI=1S/C21H25NO4/c1-3-4-10-22(2)11-9-20-17-13-5-6-14(23)18(17)26-19(20)15(24)7-8-21(20,25)16(22)12-13/h3,5-6,16,19,25H,1,4,7-12H2,2H3/p+1/t16-,19+,20+,21-,22+/m1/s1. The molecule has 2 N–H and O–H groups in total. The Morgan fingerprint density at radius 2 is 2.23 bits per heavy atom. The van der Waals surface area contributed by atoms with Gasteiger partial charge in [0.25, 0.3) is 0 Å². The van der Waals surface area contributed by atoms with E-state index >= 15 is 0 Å². The molecule has 2 aliphatic carbocycles. The van der Waals surface area contributed by atoms with E-state index in [1.54, 1.807) is 6.07 Å². The molecule has 1 saturated heterocycles. The van der Waals surface area contributed by atoms with E-state index in [1.165, 1.54) is 0 Å². The molecule has 0 radical (unpaired) electrons. The van der Waals surface area contributed by atoms with Gasteiger partial charge in [0.2, 0.25) is 0 Å². The lowest BCUT2D eigenvalue weighted by molar-refractivity contribution is -0.948. The number of carbonyl (C=O) groups is 1. The molecule has 1 aromatic carbocycles. The highest BCUT2D eigenvalue weighted by Crippen LogP contribution is 2.65. The number of rotatable bonds is 3. The smallest absolute Gasteiger partial charge is 0.174 e. The van der Waals surface area contributed by atoms with Crippen molar-refractivity contribution in [3.05, 3.63) is 35.9 Å². The normalized spacial score (nSPS) is 42.2. The first-order valence-corrected chi connectivity index (χ1v) is 9.59. The number of ether oxygens (including phenoxy) is 1. The maximum Gasteiger partial charge on any atom is 0.174 e. The van der Waals surface area contributed by atoms with E-state index in [2.05, 4.69) is 13.6 Å². The highest BCUT2D eigenvalue weighted by molar-refractivity contribution is 5.90. The molecule has 1 spiro atoms. The van der Waals surface area contributed by atoms with Crippen LogP contribution < -0.4 is 4.74 Å². The van der Waals surface area contributed by atoms with Crippen LogP contribution in [0.1, 0.15) is 36.8 Å². The Bertz CT molecular complexity index is 836. The number of hydrogen-bond donors (Lipinski definition) is 2. The molecular weight excluding hydrogens is 330 g/mol. The van der Waals surface area contributed by atoms with Crippen LogP contribution in [0.25, 0.3) is 0 Å². The number of nitrogens with zero attached hydrogens (tertiary/aromatic N) is 1. The third-order valence-electron chi connectivity index (χ3n) is 7.75. The summed E-state index contributed by atoms with van der Waals surface area (Å²) in [5.41, 5.74) is 0.337. The number of carbonyl (C=O) groups excluding carboxylic acids is 1. The van der Waals surface area contributed by atoms with Crippen molar-refractivity contribution in [2.24, 2.45) is 0 Å². The number of aliphatic hydroxyl groups is 1. The largest absolute Gasteiger partial charge is 0.504 e. The fraction of sp³-hybridized carbons (Fsp3) is 0.571. The van der Waals surface area contributed by atoms with E-state index in [1.807, 2.05) is 12.1 Å². The minimum absolute atomic E-state index is 0.0263. The molecule has 5 heteroatoms. The van der Waals surface area contributed by atoms with E-state index in [9.17, 15) is 15.0 Å². The van der Waals surface area contributed by atoms with Crippen LogP contribution in [0.2, 0.25) is 0 Å². The Morgan fingerprint density at radius 1 is 1.42 bits per heavy atom. The van der Waals surface area contributed by atoms with Crippen LogP contribution in [-0.4, -0.2) is 58.4 Å². The summed E-state index contributed by atoms with van der Waals surface area (Å²) < 4.78 is 6.85. The monoisotopic (exact) mass is 356 g/mol. The summed E-state index contributed by atoms with van der Waals surface area (Å²) in [4.78, 5) is 12.8. The maximum atomic E-state index is 12.8. The van der Waals surface area contributed by atoms with Gasteiger partial charge in [0.1, 0.15) is 11.6 Å². The van der Waals surface area contributed by atoms with Gasteiger partial charge in [-0.2, -0.15) is 0 Å². The van der Waals surface area contributed by atoms with Crippen LogP contribution in [0.15, 0.2) is 24.8 Å². The maximum absolute atomic E-state index is 12.8. The lowest BCUT2D eigenvalue weighted by Gasteiger charge is -2.64. The molecule has 1 aromatic rings. The van der Waals surface area contributed by atoms with Gasteiger partial charge in [-0.05, 0) is 18.1 Å².